The summed E-state index contributed by atoms with van der Waals surface area (Å²) in [5.74, 6) is 0. The van der Waals surface area contributed by atoms with Crippen LogP contribution in [0.15, 0.2) is 9.40 Å². The van der Waals surface area contributed by atoms with E-state index in [2.05, 4.69) is 4.31 Å². The molecule has 1 heterocycles. The number of hydrogen-bond donors (Lipinski definition) is 0. The second-order valence-electron chi connectivity index (χ2n) is 2.86. The quantitative estimate of drug-likeness (QED) is 0.703. The number of ether oxygens (including phenoxy) is 1. The van der Waals surface area contributed by atoms with Crippen molar-refractivity contribution in [2.24, 2.45) is 0 Å². The second kappa shape index (κ2) is 5.47. The van der Waals surface area contributed by atoms with Crippen molar-refractivity contribution in [3.8, 4) is 0 Å². The Balaban J connectivity index is 2.26. The van der Waals surface area contributed by atoms with Crippen molar-refractivity contribution in [3.05, 3.63) is 9.40 Å². The maximum absolute atomic E-state index is 5.86. The molecule has 0 saturated heterocycles. The first-order valence-electron chi connectivity index (χ1n) is 4.22. The summed E-state index contributed by atoms with van der Waals surface area (Å²) in [4.78, 5) is 0. The van der Waals surface area contributed by atoms with E-state index in [1.54, 1.807) is 0 Å². The van der Waals surface area contributed by atoms with Crippen molar-refractivity contribution in [2.75, 3.05) is 19.7 Å². The summed E-state index contributed by atoms with van der Waals surface area (Å²) in [6.45, 7) is 6.36. The molecule has 1 atom stereocenters. The van der Waals surface area contributed by atoms with Crippen LogP contribution in [0, 0.1) is 0 Å². The summed E-state index contributed by atoms with van der Waals surface area (Å²) in [6, 6.07) is 0. The Bertz CT molecular complexity index is 196. The average molecular weight is 242 g/mol. The number of halogens is 2. The van der Waals surface area contributed by atoms with E-state index in [9.17, 15) is 0 Å². The highest BCUT2D eigenvalue weighted by Gasteiger charge is 2.21. The third kappa shape index (κ3) is 3.68. The molecule has 0 bridgehead atoms. The zero-order valence-electron chi connectivity index (χ0n) is 7.72. The van der Waals surface area contributed by atoms with Gasteiger partial charge in [-0.2, -0.15) is 0 Å². The Labute approximate surface area is 93.3 Å². The number of rotatable bonds is 4. The molecule has 2 nitrogen and oxygen atoms in total. The van der Waals surface area contributed by atoms with Crippen LogP contribution in [0.1, 0.15) is 13.8 Å². The third-order valence-corrected chi connectivity index (χ3v) is 3.55. The van der Waals surface area contributed by atoms with Crippen LogP contribution in [-0.2, 0) is 4.74 Å². The highest BCUT2D eigenvalue weighted by Crippen LogP contribution is 2.37. The van der Waals surface area contributed by atoms with Crippen LogP contribution >= 0.6 is 35.1 Å². The van der Waals surface area contributed by atoms with Crippen molar-refractivity contribution in [3.63, 3.8) is 0 Å². The predicted octanol–water partition coefficient (Wildman–Crippen LogP) is 3.02. The molecule has 1 aliphatic heterocycles. The molecule has 5 heteroatoms. The van der Waals surface area contributed by atoms with Gasteiger partial charge in [0, 0.05) is 19.7 Å². The lowest BCUT2D eigenvalue weighted by molar-refractivity contribution is 0.0658. The van der Waals surface area contributed by atoms with Gasteiger partial charge in [-0.1, -0.05) is 23.2 Å². The zero-order valence-corrected chi connectivity index (χ0v) is 10.0. The van der Waals surface area contributed by atoms with E-state index >= 15 is 0 Å². The molecule has 0 aromatic heterocycles. The number of nitrogens with zero attached hydrogens (tertiary/aromatic N) is 1. The van der Waals surface area contributed by atoms with Crippen LogP contribution in [0.25, 0.3) is 0 Å². The predicted molar refractivity (Wildman–Crippen MR) is 59.0 cm³/mol. The minimum Gasteiger partial charge on any atom is -0.377 e. The molecule has 76 valence electrons. The smallest absolute Gasteiger partial charge is 0.105 e. The summed E-state index contributed by atoms with van der Waals surface area (Å²) < 4.78 is 8.20. The van der Waals surface area contributed by atoms with E-state index in [-0.39, 0.29) is 6.10 Å². The Hall–Kier alpha value is 0.590. The Morgan fingerprint density at radius 3 is 2.77 bits per heavy atom. The topological polar surface area (TPSA) is 12.5 Å². The van der Waals surface area contributed by atoms with Gasteiger partial charge >= 0.3 is 0 Å². The highest BCUT2D eigenvalue weighted by atomic mass is 35.5. The fourth-order valence-electron chi connectivity index (χ4n) is 1.14. The molecule has 1 aliphatic rings. The molecule has 0 N–H and O–H groups in total. The summed E-state index contributed by atoms with van der Waals surface area (Å²) >= 11 is 13.2. The molecular weight excluding hydrogens is 229 g/mol. The van der Waals surface area contributed by atoms with Crippen LogP contribution in [0.2, 0.25) is 0 Å². The summed E-state index contributed by atoms with van der Waals surface area (Å²) in [7, 11) is 0. The molecule has 0 aromatic carbocycles. The highest BCUT2D eigenvalue weighted by molar-refractivity contribution is 8.02. The monoisotopic (exact) mass is 241 g/mol. The molecule has 0 amide bonds. The zero-order chi connectivity index (χ0) is 9.84. The lowest BCUT2D eigenvalue weighted by atomic mass is 10.4. The van der Waals surface area contributed by atoms with E-state index < -0.39 is 0 Å². The maximum atomic E-state index is 5.86. The lowest BCUT2D eigenvalue weighted by Gasteiger charge is -2.18. The van der Waals surface area contributed by atoms with E-state index in [1.807, 2.05) is 13.8 Å². The van der Waals surface area contributed by atoms with Gasteiger partial charge < -0.3 is 4.74 Å². The maximum Gasteiger partial charge on any atom is 0.105 e. The normalized spacial score (nSPS) is 21.2. The summed E-state index contributed by atoms with van der Waals surface area (Å²) in [5.41, 5.74) is 0. The Morgan fingerprint density at radius 1 is 1.62 bits per heavy atom. The molecule has 1 rings (SSSR count). The molecule has 0 aliphatic carbocycles. The standard InChI is InChI=1S/C8H13Cl2NOS/c1-3-12-6(2)4-11-5-7(9)8(10)13-11/h6H,3-5H2,1-2H3. The van der Waals surface area contributed by atoms with Crippen LogP contribution in [-0.4, -0.2) is 30.1 Å². The van der Waals surface area contributed by atoms with E-state index in [4.69, 9.17) is 27.9 Å². The Morgan fingerprint density at radius 2 is 2.31 bits per heavy atom. The van der Waals surface area contributed by atoms with Gasteiger partial charge in [-0.05, 0) is 25.8 Å². The molecule has 0 radical (unpaired) electrons. The van der Waals surface area contributed by atoms with Gasteiger partial charge in [0.1, 0.15) is 4.36 Å². The van der Waals surface area contributed by atoms with Crippen LogP contribution < -0.4 is 0 Å². The summed E-state index contributed by atoms with van der Waals surface area (Å²) in [5, 5.41) is 0.732. The van der Waals surface area contributed by atoms with E-state index in [0.29, 0.717) is 4.36 Å². The molecule has 1 unspecified atom stereocenters. The van der Waals surface area contributed by atoms with E-state index in [1.165, 1.54) is 11.9 Å². The summed E-state index contributed by atoms with van der Waals surface area (Å²) in [6.07, 6.45) is 0.226. The first kappa shape index (κ1) is 11.7. The van der Waals surface area contributed by atoms with Crippen molar-refractivity contribution in [1.82, 2.24) is 4.31 Å². The van der Waals surface area contributed by atoms with Gasteiger partial charge in [0.15, 0.2) is 0 Å². The first-order chi connectivity index (χ1) is 6.13. The van der Waals surface area contributed by atoms with Crippen LogP contribution in [0.3, 0.4) is 0 Å². The number of hydrogen-bond acceptors (Lipinski definition) is 3. The van der Waals surface area contributed by atoms with Crippen LogP contribution in [0.4, 0.5) is 0 Å². The Kier molecular flexibility index (Phi) is 4.90. The molecule has 0 aromatic rings. The average Bonchev–Trinajstić information content (AvgIpc) is 2.31. The van der Waals surface area contributed by atoms with Crippen molar-refractivity contribution in [1.29, 1.82) is 0 Å². The molecule has 0 fully saturated rings. The molecule has 0 spiro atoms. The van der Waals surface area contributed by atoms with Gasteiger partial charge in [-0.15, -0.1) is 0 Å². The molecular formula is C8H13Cl2NOS. The SMILES string of the molecule is CCOC(C)CN1CC(Cl)=C(Cl)S1. The lowest BCUT2D eigenvalue weighted by Crippen LogP contribution is -2.26. The molecule has 13 heavy (non-hydrogen) atoms. The minimum atomic E-state index is 0.226. The van der Waals surface area contributed by atoms with E-state index in [0.717, 1.165) is 24.7 Å². The van der Waals surface area contributed by atoms with Gasteiger partial charge in [0.05, 0.1) is 11.1 Å². The van der Waals surface area contributed by atoms with Gasteiger partial charge in [-0.25, -0.2) is 4.31 Å². The largest absolute Gasteiger partial charge is 0.377 e. The van der Waals surface area contributed by atoms with Gasteiger partial charge in [-0.3, -0.25) is 0 Å². The van der Waals surface area contributed by atoms with Crippen LogP contribution in [0.5, 0.6) is 0 Å². The minimum absolute atomic E-state index is 0.226. The first-order valence-corrected chi connectivity index (χ1v) is 5.75. The molecule has 0 saturated carbocycles. The van der Waals surface area contributed by atoms with Crippen molar-refractivity contribution < 1.29 is 4.74 Å². The van der Waals surface area contributed by atoms with Crippen molar-refractivity contribution in [2.45, 2.75) is 20.0 Å². The van der Waals surface area contributed by atoms with Gasteiger partial charge in [0.2, 0.25) is 0 Å². The van der Waals surface area contributed by atoms with Crippen molar-refractivity contribution >= 4 is 35.1 Å². The third-order valence-electron chi connectivity index (χ3n) is 1.65. The fourth-order valence-corrected chi connectivity index (χ4v) is 2.68. The fraction of sp³-hybridized carbons (Fsp3) is 0.750. The van der Waals surface area contributed by atoms with Gasteiger partial charge in [0.25, 0.3) is 0 Å². The second-order valence-corrected chi connectivity index (χ2v) is 5.02.